The van der Waals surface area contributed by atoms with Gasteiger partial charge in [0.2, 0.25) is 0 Å². The molecule has 0 spiro atoms. The molecule has 0 unspecified atom stereocenters. The Morgan fingerprint density at radius 1 is 0.808 bits per heavy atom. The van der Waals surface area contributed by atoms with Crippen molar-refractivity contribution in [1.82, 2.24) is 0 Å². The van der Waals surface area contributed by atoms with Gasteiger partial charge >= 0.3 is 6.18 Å². The van der Waals surface area contributed by atoms with E-state index < -0.39 is 11.7 Å². The number of nitrogens with one attached hydrogen (secondary N) is 1. The normalized spacial score (nSPS) is 11.5. The first kappa shape index (κ1) is 17.5. The molecule has 1 N–H and O–H groups in total. The number of para-hydroxylation sites is 1. The number of hydrazone groups is 1. The van der Waals surface area contributed by atoms with Crippen LogP contribution in [-0.4, -0.2) is 6.21 Å². The predicted octanol–water partition coefficient (Wildman–Crippen LogP) is 5.94. The van der Waals surface area contributed by atoms with Gasteiger partial charge in [0.05, 0.1) is 17.5 Å². The van der Waals surface area contributed by atoms with Gasteiger partial charge in [-0.05, 0) is 54.1 Å². The molecule has 0 heterocycles. The zero-order chi connectivity index (χ0) is 18.4. The Bertz CT molecular complexity index is 876. The Balaban J connectivity index is 1.63. The second-order valence-electron chi connectivity index (χ2n) is 5.43. The number of benzene rings is 3. The molecule has 0 saturated heterocycles. The molecule has 6 heteroatoms. The summed E-state index contributed by atoms with van der Waals surface area (Å²) in [5.74, 6) is 1.39. The number of rotatable bonds is 5. The minimum absolute atomic E-state index is 0.464. The number of hydrogen-bond donors (Lipinski definition) is 1. The van der Waals surface area contributed by atoms with Crippen LogP contribution in [0.3, 0.4) is 0 Å². The van der Waals surface area contributed by atoms with Crippen molar-refractivity contribution < 1.29 is 17.9 Å². The first-order valence-electron chi connectivity index (χ1n) is 7.80. The number of alkyl halides is 3. The molecule has 0 radical (unpaired) electrons. The van der Waals surface area contributed by atoms with Crippen LogP contribution in [0.2, 0.25) is 0 Å². The highest BCUT2D eigenvalue weighted by atomic mass is 19.4. The Morgan fingerprint density at radius 2 is 1.50 bits per heavy atom. The summed E-state index contributed by atoms with van der Waals surface area (Å²) in [6.45, 7) is 0. The van der Waals surface area contributed by atoms with Crippen molar-refractivity contribution in [3.8, 4) is 11.5 Å². The Morgan fingerprint density at radius 3 is 2.19 bits per heavy atom. The van der Waals surface area contributed by atoms with Gasteiger partial charge in [0.1, 0.15) is 11.5 Å². The third kappa shape index (κ3) is 4.86. The van der Waals surface area contributed by atoms with Crippen molar-refractivity contribution in [3.05, 3.63) is 90.0 Å². The highest BCUT2D eigenvalue weighted by molar-refractivity contribution is 5.80. The monoisotopic (exact) mass is 356 g/mol. The van der Waals surface area contributed by atoms with Crippen molar-refractivity contribution in [2.45, 2.75) is 6.18 Å². The van der Waals surface area contributed by atoms with E-state index in [0.29, 0.717) is 11.4 Å². The quantitative estimate of drug-likeness (QED) is 0.453. The Labute approximate surface area is 148 Å². The summed E-state index contributed by atoms with van der Waals surface area (Å²) in [4.78, 5) is 0. The van der Waals surface area contributed by atoms with Gasteiger partial charge in [-0.1, -0.05) is 30.3 Å². The third-order valence-corrected chi connectivity index (χ3v) is 3.46. The second kappa shape index (κ2) is 7.74. The summed E-state index contributed by atoms with van der Waals surface area (Å²) in [7, 11) is 0. The molecule has 0 amide bonds. The van der Waals surface area contributed by atoms with Gasteiger partial charge in [-0.3, -0.25) is 5.43 Å². The number of halogens is 3. The van der Waals surface area contributed by atoms with Crippen molar-refractivity contribution >= 4 is 11.9 Å². The average molecular weight is 356 g/mol. The fourth-order valence-corrected chi connectivity index (χ4v) is 2.20. The molecule has 26 heavy (non-hydrogen) atoms. The van der Waals surface area contributed by atoms with Crippen LogP contribution in [-0.2, 0) is 6.18 Å². The van der Waals surface area contributed by atoms with Gasteiger partial charge in [0.15, 0.2) is 0 Å². The molecule has 0 bridgehead atoms. The van der Waals surface area contributed by atoms with E-state index >= 15 is 0 Å². The van der Waals surface area contributed by atoms with E-state index in [1.807, 2.05) is 54.6 Å². The van der Waals surface area contributed by atoms with E-state index in [9.17, 15) is 13.2 Å². The van der Waals surface area contributed by atoms with Crippen LogP contribution in [0, 0.1) is 0 Å². The lowest BCUT2D eigenvalue weighted by Gasteiger charge is -2.07. The highest BCUT2D eigenvalue weighted by Gasteiger charge is 2.29. The van der Waals surface area contributed by atoms with Gasteiger partial charge in [-0.25, -0.2) is 0 Å². The van der Waals surface area contributed by atoms with Gasteiger partial charge in [-0.15, -0.1) is 0 Å². The molecule has 0 aliphatic heterocycles. The summed E-state index contributed by atoms with van der Waals surface area (Å²) in [5, 5.41) is 4.04. The molecule has 0 atom stereocenters. The fraction of sp³-hybridized carbons (Fsp3) is 0.0500. The summed E-state index contributed by atoms with van der Waals surface area (Å²) in [6, 6.07) is 21.4. The minimum Gasteiger partial charge on any atom is -0.457 e. The lowest BCUT2D eigenvalue weighted by Crippen LogP contribution is -2.04. The fourth-order valence-electron chi connectivity index (χ4n) is 2.20. The van der Waals surface area contributed by atoms with Crippen LogP contribution in [0.5, 0.6) is 11.5 Å². The van der Waals surface area contributed by atoms with Gasteiger partial charge < -0.3 is 4.74 Å². The van der Waals surface area contributed by atoms with Gasteiger partial charge in [0, 0.05) is 0 Å². The SMILES string of the molecule is FC(F)(F)c1ccc(NN=Cc2cccc(Oc3ccccc3)c2)cc1. The molecular formula is C20H15F3N2O. The highest BCUT2D eigenvalue weighted by Crippen LogP contribution is 2.29. The van der Waals surface area contributed by atoms with Gasteiger partial charge in [0.25, 0.3) is 0 Å². The largest absolute Gasteiger partial charge is 0.457 e. The van der Waals surface area contributed by atoms with Crippen molar-refractivity contribution in [1.29, 1.82) is 0 Å². The molecule has 0 aromatic heterocycles. The van der Waals surface area contributed by atoms with Crippen LogP contribution in [0.1, 0.15) is 11.1 Å². The van der Waals surface area contributed by atoms with Crippen molar-refractivity contribution in [3.63, 3.8) is 0 Å². The van der Waals surface area contributed by atoms with E-state index in [4.69, 9.17) is 4.74 Å². The minimum atomic E-state index is -4.35. The zero-order valence-corrected chi connectivity index (χ0v) is 13.6. The van der Waals surface area contributed by atoms with Crippen LogP contribution in [0.15, 0.2) is 84.0 Å². The molecule has 0 fully saturated rings. The third-order valence-electron chi connectivity index (χ3n) is 3.46. The smallest absolute Gasteiger partial charge is 0.416 e. The summed E-state index contributed by atoms with van der Waals surface area (Å²) < 4.78 is 43.3. The Hall–Kier alpha value is -3.28. The summed E-state index contributed by atoms with van der Waals surface area (Å²) in [6.07, 6.45) is -2.78. The van der Waals surface area contributed by atoms with E-state index in [2.05, 4.69) is 10.5 Å². The molecule has 0 aliphatic rings. The van der Waals surface area contributed by atoms with Crippen LogP contribution in [0.25, 0.3) is 0 Å². The standard InChI is InChI=1S/C20H15F3N2O/c21-20(22,23)16-9-11-17(12-10-16)25-24-14-15-5-4-8-19(13-15)26-18-6-2-1-3-7-18/h1-14,25H. The average Bonchev–Trinajstić information content (AvgIpc) is 2.63. The molecule has 0 aliphatic carbocycles. The van der Waals surface area contributed by atoms with Crippen molar-refractivity contribution in [2.75, 3.05) is 5.43 Å². The zero-order valence-electron chi connectivity index (χ0n) is 13.6. The maximum atomic E-state index is 12.5. The number of nitrogens with zero attached hydrogens (tertiary/aromatic N) is 1. The number of ether oxygens (including phenoxy) is 1. The molecule has 3 aromatic rings. The molecule has 3 aromatic carbocycles. The first-order valence-corrected chi connectivity index (χ1v) is 7.80. The van der Waals surface area contributed by atoms with E-state index in [1.165, 1.54) is 12.1 Å². The van der Waals surface area contributed by atoms with E-state index in [-0.39, 0.29) is 0 Å². The van der Waals surface area contributed by atoms with Crippen molar-refractivity contribution in [2.24, 2.45) is 5.10 Å². The molecule has 132 valence electrons. The van der Waals surface area contributed by atoms with Crippen LogP contribution >= 0.6 is 0 Å². The number of anilines is 1. The van der Waals surface area contributed by atoms with E-state index in [0.717, 1.165) is 23.4 Å². The number of hydrogen-bond acceptors (Lipinski definition) is 3. The maximum Gasteiger partial charge on any atom is 0.416 e. The Kier molecular flexibility index (Phi) is 5.22. The lowest BCUT2D eigenvalue weighted by atomic mass is 10.2. The molecule has 0 saturated carbocycles. The van der Waals surface area contributed by atoms with E-state index in [1.54, 1.807) is 6.21 Å². The first-order chi connectivity index (χ1) is 12.5. The van der Waals surface area contributed by atoms with Crippen LogP contribution < -0.4 is 10.2 Å². The van der Waals surface area contributed by atoms with Crippen LogP contribution in [0.4, 0.5) is 18.9 Å². The maximum absolute atomic E-state index is 12.5. The summed E-state index contributed by atoms with van der Waals surface area (Å²) in [5.41, 5.74) is 3.26. The molecule has 3 nitrogen and oxygen atoms in total. The summed E-state index contributed by atoms with van der Waals surface area (Å²) >= 11 is 0. The molecular weight excluding hydrogens is 341 g/mol. The lowest BCUT2D eigenvalue weighted by molar-refractivity contribution is -0.137. The predicted molar refractivity (Wildman–Crippen MR) is 95.6 cm³/mol. The molecule has 3 rings (SSSR count). The van der Waals surface area contributed by atoms with Gasteiger partial charge in [-0.2, -0.15) is 18.3 Å². The second-order valence-corrected chi connectivity index (χ2v) is 5.43. The topological polar surface area (TPSA) is 33.6 Å².